The van der Waals surface area contributed by atoms with Gasteiger partial charge in [0.05, 0.1) is 12.8 Å². The maximum absolute atomic E-state index is 11.5. The van der Waals surface area contributed by atoms with E-state index in [1.165, 1.54) is 6.26 Å². The van der Waals surface area contributed by atoms with Crippen molar-refractivity contribution >= 4 is 17.5 Å². The zero-order chi connectivity index (χ0) is 12.8. The van der Waals surface area contributed by atoms with Gasteiger partial charge < -0.3 is 15.1 Å². The van der Waals surface area contributed by atoms with E-state index in [9.17, 15) is 9.59 Å². The third kappa shape index (κ3) is 3.21. The fourth-order valence-corrected chi connectivity index (χ4v) is 1.37. The van der Waals surface area contributed by atoms with Gasteiger partial charge in [-0.2, -0.15) is 0 Å². The number of carbonyl (C=O) groups excluding carboxylic acids is 2. The first-order chi connectivity index (χ1) is 8.75. The Balaban J connectivity index is 1.84. The van der Waals surface area contributed by atoms with Crippen LogP contribution in [0, 0.1) is 0 Å². The number of carbonyl (C=O) groups is 2. The third-order valence-corrected chi connectivity index (χ3v) is 2.24. The van der Waals surface area contributed by atoms with E-state index in [4.69, 9.17) is 4.42 Å². The summed E-state index contributed by atoms with van der Waals surface area (Å²) >= 11 is 0. The number of hydrogen-bond donors (Lipinski definition) is 2. The second-order valence-electron chi connectivity index (χ2n) is 3.58. The molecule has 1 aromatic heterocycles. The molecule has 5 heteroatoms. The fourth-order valence-electron chi connectivity index (χ4n) is 1.37. The summed E-state index contributed by atoms with van der Waals surface area (Å²) in [6, 6.07) is 12.2. The summed E-state index contributed by atoms with van der Waals surface area (Å²) in [5.74, 6) is -0.807. The van der Waals surface area contributed by atoms with Crippen molar-refractivity contribution in [1.29, 1.82) is 0 Å². The van der Waals surface area contributed by atoms with Gasteiger partial charge in [-0.15, -0.1) is 0 Å². The van der Waals surface area contributed by atoms with E-state index >= 15 is 0 Å². The molecule has 2 aromatic rings. The second kappa shape index (κ2) is 5.67. The minimum absolute atomic E-state index is 0.189. The van der Waals surface area contributed by atoms with Crippen molar-refractivity contribution in [2.24, 2.45) is 0 Å². The van der Waals surface area contributed by atoms with Gasteiger partial charge in [-0.05, 0) is 24.3 Å². The van der Waals surface area contributed by atoms with Crippen LogP contribution in [-0.2, 0) is 16.1 Å². The van der Waals surface area contributed by atoms with Crippen molar-refractivity contribution in [2.75, 3.05) is 5.32 Å². The Labute approximate surface area is 104 Å². The first-order valence-corrected chi connectivity index (χ1v) is 5.42. The van der Waals surface area contributed by atoms with Gasteiger partial charge in [0.1, 0.15) is 5.76 Å². The molecule has 0 aliphatic rings. The topological polar surface area (TPSA) is 71.3 Å². The molecule has 18 heavy (non-hydrogen) atoms. The van der Waals surface area contributed by atoms with Crippen LogP contribution in [0.4, 0.5) is 5.69 Å². The summed E-state index contributed by atoms with van der Waals surface area (Å²) < 4.78 is 5.04. The molecular weight excluding hydrogens is 232 g/mol. The Kier molecular flexibility index (Phi) is 3.76. The predicted octanol–water partition coefficient (Wildman–Crippen LogP) is 1.53. The van der Waals surface area contributed by atoms with Gasteiger partial charge in [0.15, 0.2) is 0 Å². The van der Waals surface area contributed by atoms with E-state index in [2.05, 4.69) is 10.6 Å². The van der Waals surface area contributed by atoms with E-state index in [-0.39, 0.29) is 6.54 Å². The molecule has 92 valence electrons. The van der Waals surface area contributed by atoms with Crippen LogP contribution in [0.25, 0.3) is 0 Å². The molecule has 0 aliphatic heterocycles. The quantitative estimate of drug-likeness (QED) is 0.804. The normalized spacial score (nSPS) is 9.78. The molecule has 0 radical (unpaired) electrons. The van der Waals surface area contributed by atoms with Crippen LogP contribution in [0.2, 0.25) is 0 Å². The van der Waals surface area contributed by atoms with Gasteiger partial charge in [-0.3, -0.25) is 9.59 Å². The predicted molar refractivity (Wildman–Crippen MR) is 65.6 cm³/mol. The zero-order valence-electron chi connectivity index (χ0n) is 9.55. The summed E-state index contributed by atoms with van der Waals surface area (Å²) in [7, 11) is 0. The number of hydrogen-bond acceptors (Lipinski definition) is 3. The summed E-state index contributed by atoms with van der Waals surface area (Å²) in [6.07, 6.45) is 1.51. The lowest BCUT2D eigenvalue weighted by atomic mass is 10.3. The number of rotatable bonds is 3. The molecule has 0 spiro atoms. The number of furan rings is 1. The van der Waals surface area contributed by atoms with Crippen molar-refractivity contribution in [1.82, 2.24) is 5.32 Å². The van der Waals surface area contributed by atoms with Gasteiger partial charge >= 0.3 is 11.8 Å². The summed E-state index contributed by atoms with van der Waals surface area (Å²) in [5, 5.41) is 4.95. The highest BCUT2D eigenvalue weighted by atomic mass is 16.3. The van der Waals surface area contributed by atoms with Crippen LogP contribution in [0.5, 0.6) is 0 Å². The summed E-state index contributed by atoms with van der Waals surface area (Å²) in [6.45, 7) is 0.189. The van der Waals surface area contributed by atoms with Crippen molar-refractivity contribution in [2.45, 2.75) is 6.54 Å². The van der Waals surface area contributed by atoms with Crippen molar-refractivity contribution in [3.8, 4) is 0 Å². The molecular formula is C13H12N2O3. The Hall–Kier alpha value is -2.56. The number of para-hydroxylation sites is 1. The van der Waals surface area contributed by atoms with Crippen LogP contribution in [0.3, 0.4) is 0 Å². The van der Waals surface area contributed by atoms with Gasteiger partial charge in [0.25, 0.3) is 0 Å². The van der Waals surface area contributed by atoms with E-state index in [1.807, 2.05) is 6.07 Å². The van der Waals surface area contributed by atoms with Crippen LogP contribution in [0.15, 0.2) is 53.1 Å². The molecule has 2 rings (SSSR count). The highest BCUT2D eigenvalue weighted by molar-refractivity contribution is 6.39. The molecule has 0 aliphatic carbocycles. The second-order valence-corrected chi connectivity index (χ2v) is 3.58. The summed E-state index contributed by atoms with van der Waals surface area (Å²) in [4.78, 5) is 23.0. The lowest BCUT2D eigenvalue weighted by Gasteiger charge is -2.04. The molecule has 1 aromatic carbocycles. The molecule has 0 unspecified atom stereocenters. The molecule has 0 fully saturated rings. The van der Waals surface area contributed by atoms with Crippen LogP contribution in [0.1, 0.15) is 5.76 Å². The average Bonchev–Trinajstić information content (AvgIpc) is 2.90. The van der Waals surface area contributed by atoms with E-state index in [0.29, 0.717) is 11.4 Å². The highest BCUT2D eigenvalue weighted by Gasteiger charge is 2.13. The molecule has 1 heterocycles. The van der Waals surface area contributed by atoms with Crippen molar-refractivity contribution < 1.29 is 14.0 Å². The molecule has 0 bridgehead atoms. The standard InChI is InChI=1S/C13H12N2O3/c16-12(14-9-11-7-4-8-18-11)13(17)15-10-5-2-1-3-6-10/h1-8H,9H2,(H,14,16)(H,15,17). The smallest absolute Gasteiger partial charge is 0.313 e. The molecule has 0 saturated heterocycles. The molecule has 2 N–H and O–H groups in total. The Morgan fingerprint density at radius 3 is 2.44 bits per heavy atom. The molecule has 0 atom stereocenters. The SMILES string of the molecule is O=C(NCc1ccco1)C(=O)Nc1ccccc1. The largest absolute Gasteiger partial charge is 0.467 e. The number of anilines is 1. The fraction of sp³-hybridized carbons (Fsp3) is 0.0769. The van der Waals surface area contributed by atoms with Crippen molar-refractivity contribution in [3.05, 3.63) is 54.5 Å². The van der Waals surface area contributed by atoms with E-state index in [0.717, 1.165) is 0 Å². The lowest BCUT2D eigenvalue weighted by molar-refractivity contribution is -0.136. The maximum Gasteiger partial charge on any atom is 0.313 e. The first-order valence-electron chi connectivity index (χ1n) is 5.42. The average molecular weight is 244 g/mol. The Morgan fingerprint density at radius 2 is 1.78 bits per heavy atom. The molecule has 0 saturated carbocycles. The van der Waals surface area contributed by atoms with Gasteiger partial charge in [-0.1, -0.05) is 18.2 Å². The minimum Gasteiger partial charge on any atom is -0.467 e. The Morgan fingerprint density at radius 1 is 1.00 bits per heavy atom. The number of nitrogens with one attached hydrogen (secondary N) is 2. The maximum atomic E-state index is 11.5. The van der Waals surface area contributed by atoms with Crippen molar-refractivity contribution in [3.63, 3.8) is 0 Å². The van der Waals surface area contributed by atoms with Gasteiger partial charge in [-0.25, -0.2) is 0 Å². The van der Waals surface area contributed by atoms with E-state index in [1.54, 1.807) is 36.4 Å². The first kappa shape index (κ1) is 11.9. The number of benzene rings is 1. The minimum atomic E-state index is -0.701. The summed E-state index contributed by atoms with van der Waals surface area (Å²) in [5.41, 5.74) is 0.579. The third-order valence-electron chi connectivity index (χ3n) is 2.24. The monoisotopic (exact) mass is 244 g/mol. The molecule has 2 amide bonds. The van der Waals surface area contributed by atoms with Crippen LogP contribution in [-0.4, -0.2) is 11.8 Å². The Bertz CT molecular complexity index is 520. The van der Waals surface area contributed by atoms with Crippen LogP contribution >= 0.6 is 0 Å². The van der Waals surface area contributed by atoms with Gasteiger partial charge in [0.2, 0.25) is 0 Å². The zero-order valence-corrected chi connectivity index (χ0v) is 9.55. The molecule has 5 nitrogen and oxygen atoms in total. The van der Waals surface area contributed by atoms with E-state index < -0.39 is 11.8 Å². The van der Waals surface area contributed by atoms with Gasteiger partial charge in [0, 0.05) is 5.69 Å². The lowest BCUT2D eigenvalue weighted by Crippen LogP contribution is -2.34. The highest BCUT2D eigenvalue weighted by Crippen LogP contribution is 2.04. The number of amides is 2. The van der Waals surface area contributed by atoms with Crippen LogP contribution < -0.4 is 10.6 Å².